The molecular formula is C33H30N4O7S. The summed E-state index contributed by atoms with van der Waals surface area (Å²) < 4.78 is 33.4. The Morgan fingerprint density at radius 1 is 0.956 bits per heavy atom. The number of ether oxygens (including phenoxy) is 1. The van der Waals surface area contributed by atoms with Gasteiger partial charge in [-0.05, 0) is 59.5 Å². The topological polar surface area (TPSA) is 146 Å². The number of nitrogens with zero attached hydrogens (tertiary/aromatic N) is 3. The number of carbonyl (C=O) groups is 3. The van der Waals surface area contributed by atoms with Crippen LogP contribution < -0.4 is 10.1 Å². The number of amides is 2. The van der Waals surface area contributed by atoms with Crippen LogP contribution in [-0.4, -0.2) is 76.7 Å². The molecule has 230 valence electrons. The average molecular weight is 627 g/mol. The number of pyridine rings is 1. The van der Waals surface area contributed by atoms with Crippen LogP contribution in [0.2, 0.25) is 0 Å². The Morgan fingerprint density at radius 3 is 2.36 bits per heavy atom. The summed E-state index contributed by atoms with van der Waals surface area (Å²) in [7, 11) is -4.02. The molecule has 0 spiro atoms. The van der Waals surface area contributed by atoms with E-state index in [1.165, 1.54) is 41.6 Å². The molecule has 6 rings (SSSR count). The Morgan fingerprint density at radius 2 is 1.67 bits per heavy atom. The van der Waals surface area contributed by atoms with Crippen molar-refractivity contribution in [1.82, 2.24) is 19.5 Å². The minimum Gasteiger partial charge on any atom is -0.508 e. The number of rotatable bonds is 8. The largest absolute Gasteiger partial charge is 0.508 e. The summed E-state index contributed by atoms with van der Waals surface area (Å²) in [5.74, 6) is -0.628. The van der Waals surface area contributed by atoms with Crippen LogP contribution in [-0.2, 0) is 26.0 Å². The highest BCUT2D eigenvalue weighted by Gasteiger charge is 2.54. The molecule has 0 radical (unpaired) electrons. The van der Waals surface area contributed by atoms with Gasteiger partial charge in [0.05, 0.1) is 12.6 Å². The van der Waals surface area contributed by atoms with Crippen LogP contribution in [0.25, 0.3) is 11.1 Å². The Balaban J connectivity index is 1.20. The zero-order valence-electron chi connectivity index (χ0n) is 24.0. The van der Waals surface area contributed by atoms with E-state index in [4.69, 9.17) is 4.74 Å². The fourth-order valence-electron chi connectivity index (χ4n) is 5.87. The van der Waals surface area contributed by atoms with E-state index < -0.39 is 45.9 Å². The number of fused-ring (bicyclic) bond motifs is 1. The summed E-state index contributed by atoms with van der Waals surface area (Å²) in [6, 6.07) is 22.9. The number of carbonyl (C=O) groups excluding carboxylic acids is 3. The number of sulfonamides is 1. The van der Waals surface area contributed by atoms with E-state index in [1.807, 2.05) is 42.5 Å². The number of likely N-dealkylation sites (tertiary alicyclic amines) is 1. The molecule has 0 bridgehead atoms. The molecule has 2 amide bonds. The van der Waals surface area contributed by atoms with Gasteiger partial charge < -0.3 is 20.1 Å². The number of aromatic hydroxyl groups is 1. The molecule has 3 heterocycles. The SMILES string of the molecule is O=C(NC(Cc1ccc(O)cc1)C(=O)N1CCC2C1C(=O)CN2S(=O)(=O)c1cccnc1)Oc1ccc(-c2ccccc2)cc1. The normalized spacial score (nSPS) is 18.8. The quantitative estimate of drug-likeness (QED) is 0.303. The van der Waals surface area contributed by atoms with E-state index >= 15 is 0 Å². The molecule has 2 aliphatic rings. The molecule has 2 fully saturated rings. The fourth-order valence-corrected chi connectivity index (χ4v) is 7.46. The predicted octanol–water partition coefficient (Wildman–Crippen LogP) is 3.40. The Kier molecular flexibility index (Phi) is 8.33. The zero-order valence-corrected chi connectivity index (χ0v) is 24.8. The third kappa shape index (κ3) is 6.28. The Hall–Kier alpha value is -5.07. The molecule has 0 saturated carbocycles. The molecule has 4 aromatic rings. The van der Waals surface area contributed by atoms with E-state index in [0.29, 0.717) is 5.56 Å². The number of hydrogen-bond acceptors (Lipinski definition) is 8. The van der Waals surface area contributed by atoms with Gasteiger partial charge in [-0.2, -0.15) is 4.31 Å². The second-order valence-corrected chi connectivity index (χ2v) is 12.8. The van der Waals surface area contributed by atoms with Crippen molar-refractivity contribution in [1.29, 1.82) is 0 Å². The Labute approximate surface area is 260 Å². The first-order valence-corrected chi connectivity index (χ1v) is 15.8. The summed E-state index contributed by atoms with van der Waals surface area (Å²) in [5.41, 5.74) is 2.59. The summed E-state index contributed by atoms with van der Waals surface area (Å²) >= 11 is 0. The molecule has 1 aromatic heterocycles. The van der Waals surface area contributed by atoms with Gasteiger partial charge in [0, 0.05) is 25.4 Å². The van der Waals surface area contributed by atoms with Crippen molar-refractivity contribution in [3.63, 3.8) is 0 Å². The number of nitrogens with one attached hydrogen (secondary N) is 1. The Bertz CT molecular complexity index is 1800. The van der Waals surface area contributed by atoms with Crippen molar-refractivity contribution in [3.05, 3.63) is 109 Å². The van der Waals surface area contributed by atoms with Gasteiger partial charge in [-0.3, -0.25) is 14.6 Å². The van der Waals surface area contributed by atoms with E-state index in [0.717, 1.165) is 15.4 Å². The monoisotopic (exact) mass is 626 g/mol. The van der Waals surface area contributed by atoms with Crippen LogP contribution in [0.15, 0.2) is 108 Å². The lowest BCUT2D eigenvalue weighted by Gasteiger charge is -2.28. The number of ketones is 1. The van der Waals surface area contributed by atoms with E-state index in [9.17, 15) is 27.9 Å². The third-order valence-corrected chi connectivity index (χ3v) is 9.89. The van der Waals surface area contributed by atoms with Crippen molar-refractivity contribution >= 4 is 27.8 Å². The van der Waals surface area contributed by atoms with Gasteiger partial charge in [0.2, 0.25) is 15.9 Å². The molecule has 3 atom stereocenters. The first-order chi connectivity index (χ1) is 21.7. The van der Waals surface area contributed by atoms with Crippen molar-refractivity contribution in [2.75, 3.05) is 13.1 Å². The van der Waals surface area contributed by atoms with E-state index in [2.05, 4.69) is 10.3 Å². The molecular weight excluding hydrogens is 596 g/mol. The number of benzene rings is 3. The third-order valence-electron chi connectivity index (χ3n) is 8.04. The highest BCUT2D eigenvalue weighted by atomic mass is 32.2. The molecule has 11 nitrogen and oxygen atoms in total. The molecule has 2 saturated heterocycles. The van der Waals surface area contributed by atoms with Crippen molar-refractivity contribution in [2.45, 2.75) is 35.9 Å². The standard InChI is InChI=1S/C33H30N4O7S/c38-25-12-8-22(9-13-25)19-28(35-33(41)44-26-14-10-24(11-15-26)23-5-2-1-3-6-23)32(40)36-18-16-29-31(36)30(39)21-37(29)45(42,43)27-7-4-17-34-20-27/h1-15,17,20,28-29,31,38H,16,18-19,21H2,(H,35,41). The predicted molar refractivity (Wildman–Crippen MR) is 164 cm³/mol. The summed E-state index contributed by atoms with van der Waals surface area (Å²) in [6.45, 7) is -0.240. The highest BCUT2D eigenvalue weighted by Crippen LogP contribution is 2.34. The average Bonchev–Trinajstić information content (AvgIpc) is 3.64. The first kappa shape index (κ1) is 30.0. The minimum atomic E-state index is -4.02. The minimum absolute atomic E-state index is 0.0327. The molecule has 0 aliphatic carbocycles. The maximum atomic E-state index is 14.0. The lowest BCUT2D eigenvalue weighted by Crippen LogP contribution is -2.53. The maximum Gasteiger partial charge on any atom is 0.413 e. The van der Waals surface area contributed by atoms with Crippen LogP contribution in [0.3, 0.4) is 0 Å². The van der Waals surface area contributed by atoms with Crippen LogP contribution in [0.5, 0.6) is 11.5 Å². The second kappa shape index (κ2) is 12.5. The summed E-state index contributed by atoms with van der Waals surface area (Å²) in [5, 5.41) is 12.4. The van der Waals surface area contributed by atoms with E-state index in [1.54, 1.807) is 24.3 Å². The van der Waals surface area contributed by atoms with Gasteiger partial charge in [0.15, 0.2) is 5.78 Å². The van der Waals surface area contributed by atoms with Gasteiger partial charge in [0.25, 0.3) is 0 Å². The molecule has 2 N–H and O–H groups in total. The molecule has 3 aromatic carbocycles. The number of phenolic OH excluding ortho intramolecular Hbond substituents is 1. The smallest absolute Gasteiger partial charge is 0.413 e. The maximum absolute atomic E-state index is 14.0. The van der Waals surface area contributed by atoms with Crippen molar-refractivity contribution in [3.8, 4) is 22.6 Å². The van der Waals surface area contributed by atoms with Crippen LogP contribution in [0.1, 0.15) is 12.0 Å². The van der Waals surface area contributed by atoms with Crippen LogP contribution in [0, 0.1) is 0 Å². The molecule has 45 heavy (non-hydrogen) atoms. The van der Waals surface area contributed by atoms with Crippen molar-refractivity contribution < 1.29 is 32.6 Å². The zero-order chi connectivity index (χ0) is 31.6. The van der Waals surface area contributed by atoms with Crippen molar-refractivity contribution in [2.24, 2.45) is 0 Å². The van der Waals surface area contributed by atoms with Gasteiger partial charge in [0.1, 0.15) is 28.5 Å². The van der Waals surface area contributed by atoms with Gasteiger partial charge in [-0.25, -0.2) is 13.2 Å². The van der Waals surface area contributed by atoms with Crippen LogP contribution >= 0.6 is 0 Å². The second-order valence-electron chi connectivity index (χ2n) is 10.9. The molecule has 3 unspecified atom stereocenters. The lowest BCUT2D eigenvalue weighted by atomic mass is 10.0. The summed E-state index contributed by atoms with van der Waals surface area (Å²) in [6.07, 6.45) is 2.11. The highest BCUT2D eigenvalue weighted by molar-refractivity contribution is 7.89. The number of aromatic nitrogens is 1. The van der Waals surface area contributed by atoms with E-state index in [-0.39, 0.29) is 42.3 Å². The van der Waals surface area contributed by atoms with Gasteiger partial charge in [-0.1, -0.05) is 54.6 Å². The number of hydrogen-bond donors (Lipinski definition) is 2. The van der Waals surface area contributed by atoms with Gasteiger partial charge in [-0.15, -0.1) is 0 Å². The summed E-state index contributed by atoms with van der Waals surface area (Å²) in [4.78, 5) is 45.5. The lowest BCUT2D eigenvalue weighted by molar-refractivity contribution is -0.138. The number of Topliss-reactive ketones (excluding diaryl/α,β-unsaturated/α-hetero) is 1. The number of phenols is 1. The van der Waals surface area contributed by atoms with Gasteiger partial charge >= 0.3 is 6.09 Å². The molecule has 2 aliphatic heterocycles. The fraction of sp³-hybridized carbons (Fsp3) is 0.212. The first-order valence-electron chi connectivity index (χ1n) is 14.4. The molecule has 12 heteroatoms. The van der Waals surface area contributed by atoms with Crippen LogP contribution in [0.4, 0.5) is 4.79 Å².